The molecule has 102 valence electrons. The zero-order valence-electron chi connectivity index (χ0n) is 10.7. The van der Waals surface area contributed by atoms with Crippen LogP contribution in [0.25, 0.3) is 22.2 Å². The Morgan fingerprint density at radius 3 is 2.90 bits per heavy atom. The average molecular weight is 271 g/mol. The number of nitrogens with zero attached hydrogens (tertiary/aromatic N) is 4. The predicted molar refractivity (Wildman–Crippen MR) is 72.4 cm³/mol. The second kappa shape index (κ2) is 4.61. The van der Waals surface area contributed by atoms with Crippen LogP contribution in [0.4, 0.5) is 5.82 Å². The fourth-order valence-corrected chi connectivity index (χ4v) is 2.53. The molecule has 0 amide bonds. The van der Waals surface area contributed by atoms with E-state index in [4.69, 9.17) is 9.26 Å². The van der Waals surface area contributed by atoms with E-state index < -0.39 is 0 Å². The number of aromatic amines is 1. The van der Waals surface area contributed by atoms with Crippen molar-refractivity contribution in [2.45, 2.75) is 0 Å². The molecular formula is C13H13N5O2. The number of ether oxygens (including phenoxy) is 1. The second-order valence-electron chi connectivity index (χ2n) is 4.64. The standard InChI is InChI=1S/C13H13N5O2/c1-3-19-4-2-18(1)13-11-10(9-5-17-20-7-9)6-14-12(11)15-8-16-13/h5-8H,1-4H2,(H,14,15,16). The number of rotatable bonds is 2. The van der Waals surface area contributed by atoms with Crippen LogP contribution in [0.1, 0.15) is 0 Å². The van der Waals surface area contributed by atoms with Gasteiger partial charge in [-0.25, -0.2) is 9.97 Å². The molecule has 0 radical (unpaired) electrons. The first-order chi connectivity index (χ1) is 9.93. The Morgan fingerprint density at radius 1 is 1.20 bits per heavy atom. The van der Waals surface area contributed by atoms with E-state index in [1.54, 1.807) is 18.8 Å². The topological polar surface area (TPSA) is 80.1 Å². The highest BCUT2D eigenvalue weighted by Gasteiger charge is 2.20. The van der Waals surface area contributed by atoms with E-state index in [1.165, 1.54) is 0 Å². The number of anilines is 1. The number of aromatic nitrogens is 4. The molecule has 1 N–H and O–H groups in total. The van der Waals surface area contributed by atoms with Crippen molar-refractivity contribution in [3.8, 4) is 11.1 Å². The molecule has 7 heteroatoms. The van der Waals surface area contributed by atoms with Gasteiger partial charge in [0.15, 0.2) is 0 Å². The Kier molecular flexibility index (Phi) is 2.63. The molecule has 0 unspecified atom stereocenters. The van der Waals surface area contributed by atoms with E-state index in [1.807, 2.05) is 6.20 Å². The summed E-state index contributed by atoms with van der Waals surface area (Å²) in [5.74, 6) is 0.927. The van der Waals surface area contributed by atoms with E-state index in [2.05, 4.69) is 25.0 Å². The lowest BCUT2D eigenvalue weighted by atomic mass is 10.1. The van der Waals surface area contributed by atoms with Crippen molar-refractivity contribution in [1.82, 2.24) is 20.1 Å². The number of nitrogens with one attached hydrogen (secondary N) is 1. The summed E-state index contributed by atoms with van der Waals surface area (Å²) in [5, 5.41) is 4.76. The van der Waals surface area contributed by atoms with Crippen molar-refractivity contribution in [2.24, 2.45) is 0 Å². The first-order valence-electron chi connectivity index (χ1n) is 6.48. The third-order valence-electron chi connectivity index (χ3n) is 3.50. The molecule has 1 saturated heterocycles. The van der Waals surface area contributed by atoms with E-state index in [-0.39, 0.29) is 0 Å². The summed E-state index contributed by atoms with van der Waals surface area (Å²) in [5.41, 5.74) is 2.74. The van der Waals surface area contributed by atoms with Gasteiger partial charge in [0.2, 0.25) is 0 Å². The Labute approximate surface area is 114 Å². The van der Waals surface area contributed by atoms with Gasteiger partial charge in [-0.3, -0.25) is 0 Å². The number of hydrogen-bond acceptors (Lipinski definition) is 6. The van der Waals surface area contributed by atoms with Crippen LogP contribution in [-0.2, 0) is 4.74 Å². The number of hydrogen-bond donors (Lipinski definition) is 1. The summed E-state index contributed by atoms with van der Waals surface area (Å²) < 4.78 is 10.3. The van der Waals surface area contributed by atoms with E-state index in [9.17, 15) is 0 Å². The second-order valence-corrected chi connectivity index (χ2v) is 4.64. The fourth-order valence-electron chi connectivity index (χ4n) is 2.53. The van der Waals surface area contributed by atoms with Crippen molar-refractivity contribution in [3.63, 3.8) is 0 Å². The maximum Gasteiger partial charge on any atom is 0.143 e. The van der Waals surface area contributed by atoms with Crippen molar-refractivity contribution in [3.05, 3.63) is 25.0 Å². The Balaban J connectivity index is 1.89. The van der Waals surface area contributed by atoms with Gasteiger partial charge < -0.3 is 19.1 Å². The van der Waals surface area contributed by atoms with Gasteiger partial charge in [-0.15, -0.1) is 0 Å². The minimum atomic E-state index is 0.721. The molecule has 0 aliphatic carbocycles. The summed E-state index contributed by atoms with van der Waals surface area (Å²) in [6.45, 7) is 3.11. The van der Waals surface area contributed by atoms with Crippen LogP contribution >= 0.6 is 0 Å². The lowest BCUT2D eigenvalue weighted by molar-refractivity contribution is 0.122. The fraction of sp³-hybridized carbons (Fsp3) is 0.308. The largest absolute Gasteiger partial charge is 0.378 e. The van der Waals surface area contributed by atoms with Crippen molar-refractivity contribution < 1.29 is 9.26 Å². The molecule has 0 aromatic carbocycles. The quantitative estimate of drug-likeness (QED) is 0.760. The highest BCUT2D eigenvalue weighted by molar-refractivity contribution is 6.00. The number of H-pyrrole nitrogens is 1. The highest BCUT2D eigenvalue weighted by Crippen LogP contribution is 2.33. The first kappa shape index (κ1) is 11.4. The predicted octanol–water partition coefficient (Wildman–Crippen LogP) is 1.45. The van der Waals surface area contributed by atoms with Crippen LogP contribution < -0.4 is 4.90 Å². The summed E-state index contributed by atoms with van der Waals surface area (Å²) in [4.78, 5) is 14.2. The summed E-state index contributed by atoms with van der Waals surface area (Å²) in [6.07, 6.45) is 6.81. The average Bonchev–Trinajstić information content (AvgIpc) is 3.16. The van der Waals surface area contributed by atoms with E-state index in [0.29, 0.717) is 0 Å². The molecule has 4 rings (SSSR count). The number of morpholine rings is 1. The van der Waals surface area contributed by atoms with Crippen LogP contribution in [0.5, 0.6) is 0 Å². The molecule has 3 aromatic rings. The molecule has 0 saturated carbocycles. The van der Waals surface area contributed by atoms with Crippen molar-refractivity contribution in [1.29, 1.82) is 0 Å². The third-order valence-corrected chi connectivity index (χ3v) is 3.50. The Bertz CT molecular complexity index is 716. The van der Waals surface area contributed by atoms with Gasteiger partial charge in [0.1, 0.15) is 24.1 Å². The molecule has 4 heterocycles. The van der Waals surface area contributed by atoms with Gasteiger partial charge in [-0.1, -0.05) is 5.16 Å². The minimum absolute atomic E-state index is 0.721. The maximum absolute atomic E-state index is 5.40. The Morgan fingerprint density at radius 2 is 2.10 bits per heavy atom. The molecule has 0 bridgehead atoms. The maximum atomic E-state index is 5.40. The van der Waals surface area contributed by atoms with Gasteiger partial charge in [-0.2, -0.15) is 0 Å². The lowest BCUT2D eigenvalue weighted by Gasteiger charge is -2.28. The summed E-state index contributed by atoms with van der Waals surface area (Å²) in [7, 11) is 0. The van der Waals surface area contributed by atoms with Gasteiger partial charge >= 0.3 is 0 Å². The molecule has 1 fully saturated rings. The summed E-state index contributed by atoms with van der Waals surface area (Å²) in [6, 6.07) is 0. The highest BCUT2D eigenvalue weighted by atomic mass is 16.5. The molecular weight excluding hydrogens is 258 g/mol. The zero-order valence-corrected chi connectivity index (χ0v) is 10.7. The molecule has 1 aliphatic rings. The zero-order chi connectivity index (χ0) is 13.4. The van der Waals surface area contributed by atoms with E-state index >= 15 is 0 Å². The van der Waals surface area contributed by atoms with Crippen molar-refractivity contribution >= 4 is 16.9 Å². The minimum Gasteiger partial charge on any atom is -0.378 e. The van der Waals surface area contributed by atoms with Crippen LogP contribution in [-0.4, -0.2) is 46.4 Å². The van der Waals surface area contributed by atoms with Gasteiger partial charge in [-0.05, 0) is 0 Å². The molecule has 0 atom stereocenters. The third kappa shape index (κ3) is 1.75. The van der Waals surface area contributed by atoms with E-state index in [0.717, 1.165) is 54.3 Å². The smallest absolute Gasteiger partial charge is 0.143 e. The monoisotopic (exact) mass is 271 g/mol. The van der Waals surface area contributed by atoms with Gasteiger partial charge in [0, 0.05) is 30.4 Å². The molecule has 3 aromatic heterocycles. The molecule has 7 nitrogen and oxygen atoms in total. The Hall–Kier alpha value is -2.41. The summed E-state index contributed by atoms with van der Waals surface area (Å²) >= 11 is 0. The molecule has 20 heavy (non-hydrogen) atoms. The molecule has 1 aliphatic heterocycles. The van der Waals surface area contributed by atoms with Gasteiger partial charge in [0.25, 0.3) is 0 Å². The van der Waals surface area contributed by atoms with Crippen LogP contribution in [0, 0.1) is 0 Å². The SMILES string of the molecule is c1nc(N2CCOCC2)c2c(-c3cnoc3)c[nH]c2n1. The molecule has 0 spiro atoms. The normalized spacial score (nSPS) is 15.9. The van der Waals surface area contributed by atoms with Crippen molar-refractivity contribution in [2.75, 3.05) is 31.2 Å². The first-order valence-corrected chi connectivity index (χ1v) is 6.48. The van der Waals surface area contributed by atoms with Gasteiger partial charge in [0.05, 0.1) is 24.8 Å². The lowest BCUT2D eigenvalue weighted by Crippen LogP contribution is -2.36. The van der Waals surface area contributed by atoms with Crippen LogP contribution in [0.15, 0.2) is 29.5 Å². The number of fused-ring (bicyclic) bond motifs is 1. The van der Waals surface area contributed by atoms with Crippen LogP contribution in [0.2, 0.25) is 0 Å². The van der Waals surface area contributed by atoms with Crippen LogP contribution in [0.3, 0.4) is 0 Å².